The summed E-state index contributed by atoms with van der Waals surface area (Å²) in [5, 5.41) is 0. The first-order valence-corrected chi connectivity index (χ1v) is 8.34. The molecule has 0 aromatic heterocycles. The van der Waals surface area contributed by atoms with Gasteiger partial charge in [-0.3, -0.25) is 4.90 Å². The smallest absolute Gasteiger partial charge is 0.0359 e. The van der Waals surface area contributed by atoms with Gasteiger partial charge in [0.2, 0.25) is 0 Å². The van der Waals surface area contributed by atoms with E-state index in [9.17, 15) is 0 Å². The van der Waals surface area contributed by atoms with Gasteiger partial charge in [0, 0.05) is 50.8 Å². The molecule has 2 aliphatic rings. The van der Waals surface area contributed by atoms with E-state index in [0.717, 1.165) is 12.5 Å². The van der Waals surface area contributed by atoms with Crippen molar-refractivity contribution in [2.45, 2.75) is 45.2 Å². The third-order valence-corrected chi connectivity index (χ3v) is 5.40. The fourth-order valence-electron chi connectivity index (χ4n) is 3.94. The second kappa shape index (κ2) is 6.73. The topological polar surface area (TPSA) is 35.7 Å². The number of rotatable bonds is 4. The Kier molecular flexibility index (Phi) is 5.46. The van der Waals surface area contributed by atoms with E-state index in [-0.39, 0.29) is 5.54 Å². The van der Waals surface area contributed by atoms with E-state index in [1.807, 2.05) is 0 Å². The van der Waals surface area contributed by atoms with E-state index in [2.05, 4.69) is 42.5 Å². The van der Waals surface area contributed by atoms with Crippen LogP contribution in [0.3, 0.4) is 0 Å². The van der Waals surface area contributed by atoms with E-state index in [0.29, 0.717) is 6.04 Å². The molecule has 2 atom stereocenters. The van der Waals surface area contributed by atoms with Gasteiger partial charge in [-0.1, -0.05) is 13.8 Å². The van der Waals surface area contributed by atoms with Crippen molar-refractivity contribution in [2.24, 2.45) is 11.7 Å². The van der Waals surface area contributed by atoms with Gasteiger partial charge in [-0.05, 0) is 39.3 Å². The van der Waals surface area contributed by atoms with Gasteiger partial charge >= 0.3 is 0 Å². The van der Waals surface area contributed by atoms with Crippen LogP contribution in [0.2, 0.25) is 0 Å². The van der Waals surface area contributed by atoms with Gasteiger partial charge in [0.1, 0.15) is 0 Å². The lowest BCUT2D eigenvalue weighted by molar-refractivity contribution is -0.0189. The minimum absolute atomic E-state index is 0.260. The summed E-state index contributed by atoms with van der Waals surface area (Å²) in [6, 6.07) is 0.654. The highest BCUT2D eigenvalue weighted by atomic mass is 15.3. The Balaban J connectivity index is 1.93. The quantitative estimate of drug-likeness (QED) is 0.837. The molecule has 0 radical (unpaired) electrons. The molecular formula is C16H34N4. The Morgan fingerprint density at radius 3 is 2.30 bits per heavy atom. The predicted octanol–water partition coefficient (Wildman–Crippen LogP) is 1.07. The summed E-state index contributed by atoms with van der Waals surface area (Å²) < 4.78 is 0. The maximum atomic E-state index is 6.22. The van der Waals surface area contributed by atoms with Gasteiger partial charge < -0.3 is 15.5 Å². The molecular weight excluding hydrogens is 248 g/mol. The van der Waals surface area contributed by atoms with Gasteiger partial charge in [0.05, 0.1) is 0 Å². The van der Waals surface area contributed by atoms with Crippen LogP contribution in [-0.4, -0.2) is 79.1 Å². The Morgan fingerprint density at radius 1 is 1.15 bits per heavy atom. The zero-order valence-electron chi connectivity index (χ0n) is 13.9. The fourth-order valence-corrected chi connectivity index (χ4v) is 3.94. The Labute approximate surface area is 125 Å². The summed E-state index contributed by atoms with van der Waals surface area (Å²) >= 11 is 0. The molecule has 0 saturated carbocycles. The Hall–Kier alpha value is -0.160. The van der Waals surface area contributed by atoms with Crippen LogP contribution in [0.4, 0.5) is 0 Å². The van der Waals surface area contributed by atoms with Crippen LogP contribution in [0.25, 0.3) is 0 Å². The molecule has 2 rings (SSSR count). The summed E-state index contributed by atoms with van der Waals surface area (Å²) in [5.41, 5.74) is 6.48. The van der Waals surface area contributed by atoms with Gasteiger partial charge in [0.15, 0.2) is 0 Å². The van der Waals surface area contributed by atoms with E-state index >= 15 is 0 Å². The molecule has 2 unspecified atom stereocenters. The lowest BCUT2D eigenvalue weighted by Crippen LogP contribution is -2.64. The van der Waals surface area contributed by atoms with Crippen molar-refractivity contribution < 1.29 is 0 Å². The lowest BCUT2D eigenvalue weighted by Gasteiger charge is -2.52. The molecule has 2 heterocycles. The fraction of sp³-hybridized carbons (Fsp3) is 1.00. The molecule has 2 N–H and O–H groups in total. The largest absolute Gasteiger partial charge is 0.329 e. The van der Waals surface area contributed by atoms with Crippen LogP contribution < -0.4 is 5.73 Å². The van der Waals surface area contributed by atoms with Crippen LogP contribution in [0, 0.1) is 5.92 Å². The number of nitrogens with two attached hydrogens (primary N) is 1. The summed E-state index contributed by atoms with van der Waals surface area (Å²) in [7, 11) is 2.24. The third kappa shape index (κ3) is 3.53. The molecule has 20 heavy (non-hydrogen) atoms. The third-order valence-electron chi connectivity index (χ3n) is 5.40. The predicted molar refractivity (Wildman–Crippen MR) is 86.0 cm³/mol. The van der Waals surface area contributed by atoms with Crippen molar-refractivity contribution in [1.82, 2.24) is 14.7 Å². The number of likely N-dealkylation sites (tertiary alicyclic amines) is 1. The number of hydrogen-bond donors (Lipinski definition) is 1. The first-order valence-electron chi connectivity index (χ1n) is 8.34. The molecule has 0 spiro atoms. The van der Waals surface area contributed by atoms with Crippen molar-refractivity contribution in [1.29, 1.82) is 0 Å². The normalized spacial score (nSPS) is 34.8. The SMILES string of the molecule is CC(C)CN1CCN(C2(CN)CCN(C)C(C)C2)CC1. The van der Waals surface area contributed by atoms with Gasteiger partial charge in [-0.25, -0.2) is 0 Å². The summed E-state index contributed by atoms with van der Waals surface area (Å²) in [5.74, 6) is 0.772. The maximum Gasteiger partial charge on any atom is 0.0359 e. The number of nitrogens with zero attached hydrogens (tertiary/aromatic N) is 3. The van der Waals surface area contributed by atoms with Crippen molar-refractivity contribution in [3.63, 3.8) is 0 Å². The molecule has 4 nitrogen and oxygen atoms in total. The maximum absolute atomic E-state index is 6.22. The number of piperazine rings is 1. The molecule has 4 heteroatoms. The summed E-state index contributed by atoms with van der Waals surface area (Å²) in [6.45, 7) is 15.0. The minimum atomic E-state index is 0.260. The minimum Gasteiger partial charge on any atom is -0.329 e. The zero-order chi connectivity index (χ0) is 14.8. The highest BCUT2D eigenvalue weighted by Crippen LogP contribution is 2.31. The molecule has 0 bridgehead atoms. The second-order valence-electron chi connectivity index (χ2n) is 7.39. The summed E-state index contributed by atoms with van der Waals surface area (Å²) in [4.78, 5) is 7.79. The van der Waals surface area contributed by atoms with E-state index in [4.69, 9.17) is 5.73 Å². The Morgan fingerprint density at radius 2 is 1.80 bits per heavy atom. The molecule has 0 aromatic rings. The molecule has 0 amide bonds. The molecule has 2 aliphatic heterocycles. The standard InChI is InChI=1S/C16H34N4/c1-14(2)12-19-7-9-20(10-8-19)16(13-17)5-6-18(4)15(3)11-16/h14-15H,5-13,17H2,1-4H3. The van der Waals surface area contributed by atoms with E-state index in [1.165, 1.54) is 52.1 Å². The molecule has 118 valence electrons. The van der Waals surface area contributed by atoms with Crippen LogP contribution in [-0.2, 0) is 0 Å². The zero-order valence-corrected chi connectivity index (χ0v) is 13.9. The van der Waals surface area contributed by atoms with Crippen LogP contribution in [0.5, 0.6) is 0 Å². The van der Waals surface area contributed by atoms with Crippen LogP contribution in [0.1, 0.15) is 33.6 Å². The lowest BCUT2D eigenvalue weighted by atomic mass is 9.81. The van der Waals surface area contributed by atoms with Gasteiger partial charge in [0.25, 0.3) is 0 Å². The van der Waals surface area contributed by atoms with Crippen molar-refractivity contribution in [3.8, 4) is 0 Å². The second-order valence-corrected chi connectivity index (χ2v) is 7.39. The average molecular weight is 282 g/mol. The van der Waals surface area contributed by atoms with Crippen molar-refractivity contribution >= 4 is 0 Å². The van der Waals surface area contributed by atoms with Crippen LogP contribution >= 0.6 is 0 Å². The number of hydrogen-bond acceptors (Lipinski definition) is 4. The van der Waals surface area contributed by atoms with Crippen molar-refractivity contribution in [2.75, 3.05) is 52.9 Å². The summed E-state index contributed by atoms with van der Waals surface area (Å²) in [6.07, 6.45) is 2.46. The molecule has 2 saturated heterocycles. The molecule has 0 aliphatic carbocycles. The highest BCUT2D eigenvalue weighted by molar-refractivity contribution is 5.00. The van der Waals surface area contributed by atoms with E-state index < -0.39 is 0 Å². The van der Waals surface area contributed by atoms with Gasteiger partial charge in [-0.15, -0.1) is 0 Å². The monoisotopic (exact) mass is 282 g/mol. The average Bonchev–Trinajstić information content (AvgIpc) is 2.42. The van der Waals surface area contributed by atoms with Crippen molar-refractivity contribution in [3.05, 3.63) is 0 Å². The van der Waals surface area contributed by atoms with Gasteiger partial charge in [-0.2, -0.15) is 0 Å². The Bertz CT molecular complexity index is 299. The number of piperidine rings is 1. The van der Waals surface area contributed by atoms with Crippen LogP contribution in [0.15, 0.2) is 0 Å². The molecule has 0 aromatic carbocycles. The first kappa shape index (κ1) is 16.2. The first-order chi connectivity index (χ1) is 9.47. The highest BCUT2D eigenvalue weighted by Gasteiger charge is 2.41. The molecule has 2 fully saturated rings. The van der Waals surface area contributed by atoms with E-state index in [1.54, 1.807) is 0 Å².